The molecule has 32 heavy (non-hydrogen) atoms. The Morgan fingerprint density at radius 1 is 1.12 bits per heavy atom. The first-order valence-corrected chi connectivity index (χ1v) is 11.7. The predicted octanol–water partition coefficient (Wildman–Crippen LogP) is 3.02. The molecule has 0 saturated carbocycles. The molecule has 1 aromatic heterocycles. The highest BCUT2D eigenvalue weighted by Gasteiger charge is 2.25. The van der Waals surface area contributed by atoms with Crippen molar-refractivity contribution < 1.29 is 5.11 Å². The summed E-state index contributed by atoms with van der Waals surface area (Å²) in [6, 6.07) is 10.4. The summed E-state index contributed by atoms with van der Waals surface area (Å²) in [7, 11) is 4.05. The van der Waals surface area contributed by atoms with Gasteiger partial charge in [0.25, 0.3) is 0 Å². The quantitative estimate of drug-likeness (QED) is 0.250. The Bertz CT molecular complexity index is 813. The van der Waals surface area contributed by atoms with E-state index in [1.807, 2.05) is 24.6 Å². The maximum atomic E-state index is 11.0. The second kappa shape index (κ2) is 13.1. The molecule has 0 fully saturated rings. The van der Waals surface area contributed by atoms with Crippen molar-refractivity contribution >= 4 is 11.6 Å². The number of nitrogens with zero attached hydrogens (tertiary/aromatic N) is 5. The Labute approximate surface area is 193 Å². The number of rotatable bonds is 13. The monoisotopic (exact) mass is 443 g/mol. The summed E-state index contributed by atoms with van der Waals surface area (Å²) in [5, 5.41) is 26.1. The summed E-state index contributed by atoms with van der Waals surface area (Å²) in [5.74, 6) is 2.37. The average molecular weight is 444 g/mol. The van der Waals surface area contributed by atoms with Crippen molar-refractivity contribution in [3.63, 3.8) is 0 Å². The van der Waals surface area contributed by atoms with Crippen LogP contribution in [-0.2, 0) is 13.6 Å². The number of hydrogen-bond donors (Lipinski definition) is 3. The molecular formula is C24H41N7O. The molecule has 8 heteroatoms. The van der Waals surface area contributed by atoms with Crippen molar-refractivity contribution in [2.45, 2.75) is 65.0 Å². The van der Waals surface area contributed by atoms with Gasteiger partial charge in [-0.15, -0.1) is 10.2 Å². The largest absolute Gasteiger partial charge is 0.388 e. The molecule has 2 aromatic rings. The number of para-hydroxylation sites is 1. The van der Waals surface area contributed by atoms with E-state index in [9.17, 15) is 5.11 Å². The molecule has 1 aromatic carbocycles. The highest BCUT2D eigenvalue weighted by atomic mass is 16.3. The van der Waals surface area contributed by atoms with Gasteiger partial charge in [-0.05, 0) is 38.3 Å². The number of aryl methyl sites for hydroxylation is 1. The van der Waals surface area contributed by atoms with E-state index in [-0.39, 0.29) is 0 Å². The van der Waals surface area contributed by atoms with Crippen LogP contribution in [0.25, 0.3) is 0 Å². The minimum Gasteiger partial charge on any atom is -0.388 e. The van der Waals surface area contributed by atoms with E-state index in [2.05, 4.69) is 70.9 Å². The molecule has 0 aliphatic heterocycles. The van der Waals surface area contributed by atoms with Crippen LogP contribution >= 0.6 is 0 Å². The van der Waals surface area contributed by atoms with Crippen LogP contribution in [0.5, 0.6) is 0 Å². The highest BCUT2D eigenvalue weighted by molar-refractivity contribution is 5.79. The first kappa shape index (κ1) is 25.6. The number of benzene rings is 1. The van der Waals surface area contributed by atoms with Crippen molar-refractivity contribution in [1.82, 2.24) is 25.4 Å². The second-order valence-electron chi connectivity index (χ2n) is 8.50. The van der Waals surface area contributed by atoms with Gasteiger partial charge in [-0.2, -0.15) is 0 Å². The number of anilines is 1. The molecule has 0 atom stereocenters. The molecule has 3 N–H and O–H groups in total. The molecule has 1 heterocycles. The van der Waals surface area contributed by atoms with Crippen LogP contribution in [0.15, 0.2) is 35.3 Å². The molecule has 0 amide bonds. The van der Waals surface area contributed by atoms with Crippen LogP contribution in [0.4, 0.5) is 5.69 Å². The van der Waals surface area contributed by atoms with E-state index in [4.69, 9.17) is 4.99 Å². The van der Waals surface area contributed by atoms with Gasteiger partial charge >= 0.3 is 0 Å². The number of guanidine groups is 1. The Kier molecular flexibility index (Phi) is 10.5. The summed E-state index contributed by atoms with van der Waals surface area (Å²) >= 11 is 0. The maximum Gasteiger partial charge on any atom is 0.191 e. The Balaban J connectivity index is 1.96. The topological polar surface area (TPSA) is 90.6 Å². The third kappa shape index (κ3) is 8.15. The summed E-state index contributed by atoms with van der Waals surface area (Å²) < 4.78 is 1.94. The fourth-order valence-electron chi connectivity index (χ4n) is 3.73. The van der Waals surface area contributed by atoms with E-state index in [1.165, 1.54) is 5.69 Å². The summed E-state index contributed by atoms with van der Waals surface area (Å²) in [4.78, 5) is 6.96. The smallest absolute Gasteiger partial charge is 0.191 e. The number of aliphatic hydroxyl groups is 1. The van der Waals surface area contributed by atoms with Crippen molar-refractivity contribution in [3.05, 3.63) is 42.0 Å². The zero-order valence-corrected chi connectivity index (χ0v) is 20.4. The van der Waals surface area contributed by atoms with Gasteiger partial charge in [0.05, 0.1) is 5.60 Å². The van der Waals surface area contributed by atoms with Crippen LogP contribution in [0, 0.1) is 6.92 Å². The molecule has 0 bridgehead atoms. The molecule has 0 unspecified atom stereocenters. The van der Waals surface area contributed by atoms with Crippen molar-refractivity contribution in [2.75, 3.05) is 31.6 Å². The standard InChI is InChI=1S/C24H41N7O/c1-6-14-24(32,15-7-2)19-27-23(26-18-22-29-28-20(3)31(22)5)25-16-11-17-30(4)21-12-9-8-10-13-21/h8-10,12-13,32H,6-7,11,14-19H2,1-5H3,(H2,25,26,27). The lowest BCUT2D eigenvalue weighted by Crippen LogP contribution is -2.47. The van der Waals surface area contributed by atoms with E-state index in [0.29, 0.717) is 19.0 Å². The van der Waals surface area contributed by atoms with Gasteiger partial charge in [0, 0.05) is 39.4 Å². The Hall–Kier alpha value is -2.61. The first-order valence-electron chi connectivity index (χ1n) is 11.7. The predicted molar refractivity (Wildman–Crippen MR) is 132 cm³/mol. The number of aliphatic imine (C=N–C) groups is 1. The third-order valence-corrected chi connectivity index (χ3v) is 5.74. The first-order chi connectivity index (χ1) is 15.4. The Morgan fingerprint density at radius 3 is 2.41 bits per heavy atom. The molecule has 178 valence electrons. The van der Waals surface area contributed by atoms with Gasteiger partial charge in [0.15, 0.2) is 11.8 Å². The highest BCUT2D eigenvalue weighted by Crippen LogP contribution is 2.18. The van der Waals surface area contributed by atoms with Crippen molar-refractivity contribution in [2.24, 2.45) is 12.0 Å². The zero-order chi connectivity index (χ0) is 23.4. The molecular weight excluding hydrogens is 402 g/mol. The third-order valence-electron chi connectivity index (χ3n) is 5.74. The Morgan fingerprint density at radius 2 is 1.81 bits per heavy atom. The zero-order valence-electron chi connectivity index (χ0n) is 20.4. The number of nitrogens with one attached hydrogen (secondary N) is 2. The average Bonchev–Trinajstić information content (AvgIpc) is 3.11. The van der Waals surface area contributed by atoms with Gasteiger partial charge in [0.1, 0.15) is 12.4 Å². The van der Waals surface area contributed by atoms with E-state index in [0.717, 1.165) is 56.8 Å². The van der Waals surface area contributed by atoms with Gasteiger partial charge in [0.2, 0.25) is 0 Å². The SMILES string of the molecule is CCCC(O)(CCC)CNC(=NCc1nnc(C)n1C)NCCCN(C)c1ccccc1. The van der Waals surface area contributed by atoms with E-state index >= 15 is 0 Å². The van der Waals surface area contributed by atoms with Crippen LogP contribution in [0.3, 0.4) is 0 Å². The second-order valence-corrected chi connectivity index (χ2v) is 8.50. The summed E-state index contributed by atoms with van der Waals surface area (Å²) in [5.41, 5.74) is 0.488. The fourth-order valence-corrected chi connectivity index (χ4v) is 3.73. The van der Waals surface area contributed by atoms with Gasteiger partial charge in [-0.25, -0.2) is 4.99 Å². The van der Waals surface area contributed by atoms with Crippen LogP contribution < -0.4 is 15.5 Å². The minimum absolute atomic E-state index is 0.427. The lowest BCUT2D eigenvalue weighted by atomic mass is 9.93. The summed E-state index contributed by atoms with van der Waals surface area (Å²) in [6.07, 6.45) is 4.39. The fraction of sp³-hybridized carbons (Fsp3) is 0.625. The molecule has 8 nitrogen and oxygen atoms in total. The lowest BCUT2D eigenvalue weighted by Gasteiger charge is -2.28. The normalized spacial score (nSPS) is 12.1. The number of aromatic nitrogens is 3. The number of hydrogen-bond acceptors (Lipinski definition) is 5. The lowest BCUT2D eigenvalue weighted by molar-refractivity contribution is 0.0257. The summed E-state index contributed by atoms with van der Waals surface area (Å²) in [6.45, 7) is 8.75. The van der Waals surface area contributed by atoms with Gasteiger partial charge in [-0.3, -0.25) is 0 Å². The molecule has 0 aliphatic carbocycles. The van der Waals surface area contributed by atoms with E-state index in [1.54, 1.807) is 0 Å². The van der Waals surface area contributed by atoms with Crippen LogP contribution in [0.2, 0.25) is 0 Å². The van der Waals surface area contributed by atoms with Gasteiger partial charge < -0.3 is 25.2 Å². The van der Waals surface area contributed by atoms with Crippen molar-refractivity contribution in [1.29, 1.82) is 0 Å². The maximum absolute atomic E-state index is 11.0. The van der Waals surface area contributed by atoms with Crippen molar-refractivity contribution in [3.8, 4) is 0 Å². The van der Waals surface area contributed by atoms with Gasteiger partial charge in [-0.1, -0.05) is 44.9 Å². The molecule has 0 aliphatic rings. The van der Waals surface area contributed by atoms with Crippen LogP contribution in [-0.4, -0.2) is 58.1 Å². The molecule has 0 radical (unpaired) electrons. The molecule has 0 saturated heterocycles. The minimum atomic E-state index is -0.721. The molecule has 2 rings (SSSR count). The van der Waals surface area contributed by atoms with Crippen LogP contribution in [0.1, 0.15) is 57.6 Å². The van der Waals surface area contributed by atoms with E-state index < -0.39 is 5.60 Å². The molecule has 0 spiro atoms.